The van der Waals surface area contributed by atoms with Gasteiger partial charge in [0.25, 0.3) is 0 Å². The highest BCUT2D eigenvalue weighted by Crippen LogP contribution is 2.30. The zero-order valence-corrected chi connectivity index (χ0v) is 12.1. The summed E-state index contributed by atoms with van der Waals surface area (Å²) in [6, 6.07) is 1.35. The van der Waals surface area contributed by atoms with Crippen molar-refractivity contribution in [1.29, 1.82) is 0 Å². The lowest BCUT2D eigenvalue weighted by Crippen LogP contribution is -2.57. The van der Waals surface area contributed by atoms with Gasteiger partial charge >= 0.3 is 0 Å². The summed E-state index contributed by atoms with van der Waals surface area (Å²) in [7, 11) is 0. The fraction of sp³-hybridized carbons (Fsp3) is 0.933. The monoisotopic (exact) mass is 265 g/mol. The lowest BCUT2D eigenvalue weighted by atomic mass is 9.93. The van der Waals surface area contributed by atoms with Gasteiger partial charge in [-0.3, -0.25) is 4.79 Å². The molecule has 0 saturated carbocycles. The summed E-state index contributed by atoms with van der Waals surface area (Å²) in [5.41, 5.74) is 0. The zero-order valence-electron chi connectivity index (χ0n) is 12.1. The minimum Gasteiger partial charge on any atom is -0.338 e. The van der Waals surface area contributed by atoms with Crippen LogP contribution >= 0.6 is 0 Å². The Morgan fingerprint density at radius 2 is 1.95 bits per heavy atom. The Kier molecular flexibility index (Phi) is 4.08. The van der Waals surface area contributed by atoms with Crippen molar-refractivity contribution >= 4 is 5.91 Å². The first-order chi connectivity index (χ1) is 9.29. The molecule has 3 rings (SSSR count). The highest BCUT2D eigenvalue weighted by molar-refractivity contribution is 5.83. The first-order valence-electron chi connectivity index (χ1n) is 8.07. The van der Waals surface area contributed by atoms with Crippen LogP contribution in [-0.2, 0) is 4.79 Å². The van der Waals surface area contributed by atoms with Gasteiger partial charge in [-0.1, -0.05) is 6.92 Å². The number of piperidine rings is 2. The number of amides is 1. The first kappa shape index (κ1) is 13.4. The molecule has 3 unspecified atom stereocenters. The van der Waals surface area contributed by atoms with Crippen molar-refractivity contribution in [2.75, 3.05) is 26.2 Å². The van der Waals surface area contributed by atoms with Gasteiger partial charge in [-0.25, -0.2) is 0 Å². The molecular formula is C15H27N3O. The molecule has 0 aromatic heterocycles. The molecule has 4 nitrogen and oxygen atoms in total. The van der Waals surface area contributed by atoms with Crippen molar-refractivity contribution in [3.63, 3.8) is 0 Å². The molecule has 1 amide bonds. The topological polar surface area (TPSA) is 35.6 Å². The number of nitrogens with one attached hydrogen (secondary N) is 1. The maximum Gasteiger partial charge on any atom is 0.239 e. The molecule has 108 valence electrons. The lowest BCUT2D eigenvalue weighted by molar-refractivity contribution is -0.139. The predicted octanol–water partition coefficient (Wildman–Crippen LogP) is 1.21. The Hall–Kier alpha value is -0.610. The van der Waals surface area contributed by atoms with Gasteiger partial charge in [-0.15, -0.1) is 0 Å². The van der Waals surface area contributed by atoms with Crippen LogP contribution in [0.1, 0.15) is 45.4 Å². The van der Waals surface area contributed by atoms with E-state index in [9.17, 15) is 4.79 Å². The number of hydrogen-bond donors (Lipinski definition) is 1. The second-order valence-electron chi connectivity index (χ2n) is 6.29. The summed E-state index contributed by atoms with van der Waals surface area (Å²) >= 11 is 0. The van der Waals surface area contributed by atoms with Crippen LogP contribution in [0.15, 0.2) is 0 Å². The number of fused-ring (bicyclic) bond motifs is 1. The minimum absolute atomic E-state index is 0.0837. The molecule has 0 bridgehead atoms. The van der Waals surface area contributed by atoms with Gasteiger partial charge in [0.2, 0.25) is 5.91 Å². The van der Waals surface area contributed by atoms with Crippen LogP contribution in [0.4, 0.5) is 0 Å². The number of nitrogens with zero attached hydrogens (tertiary/aromatic N) is 2. The molecule has 3 saturated heterocycles. The van der Waals surface area contributed by atoms with Crippen LogP contribution in [0.3, 0.4) is 0 Å². The van der Waals surface area contributed by atoms with Crippen LogP contribution in [0.25, 0.3) is 0 Å². The van der Waals surface area contributed by atoms with E-state index < -0.39 is 0 Å². The number of hydrogen-bond acceptors (Lipinski definition) is 3. The predicted molar refractivity (Wildman–Crippen MR) is 76.0 cm³/mol. The number of likely N-dealkylation sites (N-methyl/N-ethyl adjacent to an activating group) is 1. The fourth-order valence-corrected chi connectivity index (χ4v) is 4.18. The molecule has 19 heavy (non-hydrogen) atoms. The van der Waals surface area contributed by atoms with Gasteiger partial charge in [0.15, 0.2) is 0 Å². The molecule has 0 spiro atoms. The van der Waals surface area contributed by atoms with E-state index in [2.05, 4.69) is 22.0 Å². The van der Waals surface area contributed by atoms with E-state index in [4.69, 9.17) is 0 Å². The van der Waals surface area contributed by atoms with Crippen molar-refractivity contribution in [2.45, 2.75) is 63.6 Å². The van der Waals surface area contributed by atoms with Crippen molar-refractivity contribution in [1.82, 2.24) is 15.1 Å². The number of carbonyl (C=O) groups excluding carboxylic acids is 1. The van der Waals surface area contributed by atoms with Crippen LogP contribution in [0.2, 0.25) is 0 Å². The number of likely N-dealkylation sites (tertiary alicyclic amines) is 1. The summed E-state index contributed by atoms with van der Waals surface area (Å²) in [5.74, 6) is 0.365. The van der Waals surface area contributed by atoms with Gasteiger partial charge in [-0.05, 0) is 51.6 Å². The van der Waals surface area contributed by atoms with Crippen molar-refractivity contribution in [3.05, 3.63) is 0 Å². The van der Waals surface area contributed by atoms with E-state index in [-0.39, 0.29) is 6.04 Å². The second kappa shape index (κ2) is 5.80. The van der Waals surface area contributed by atoms with E-state index in [1.165, 1.54) is 38.8 Å². The van der Waals surface area contributed by atoms with E-state index in [0.29, 0.717) is 11.9 Å². The third-order valence-corrected chi connectivity index (χ3v) is 5.16. The maximum absolute atomic E-state index is 12.6. The highest BCUT2D eigenvalue weighted by atomic mass is 16.2. The van der Waals surface area contributed by atoms with E-state index in [1.54, 1.807) is 0 Å². The molecule has 3 aliphatic rings. The Labute approximate surface area is 116 Å². The second-order valence-corrected chi connectivity index (χ2v) is 6.29. The third kappa shape index (κ3) is 2.65. The third-order valence-electron chi connectivity index (χ3n) is 5.16. The van der Waals surface area contributed by atoms with Crippen LogP contribution in [0, 0.1) is 0 Å². The SMILES string of the molecule is CCNC1CCCN(C2CCN3CCCC3C2)C1=O. The molecule has 3 aliphatic heterocycles. The molecule has 3 atom stereocenters. The van der Waals surface area contributed by atoms with Crippen molar-refractivity contribution in [2.24, 2.45) is 0 Å². The highest BCUT2D eigenvalue weighted by Gasteiger charge is 2.38. The smallest absolute Gasteiger partial charge is 0.239 e. The van der Waals surface area contributed by atoms with Crippen LogP contribution < -0.4 is 5.32 Å². The standard InChI is InChI=1S/C15H27N3O/c1-2-16-14-6-4-9-18(15(14)19)13-7-10-17-8-3-5-12(17)11-13/h12-14,16H,2-11H2,1H3. The van der Waals surface area contributed by atoms with E-state index in [0.717, 1.165) is 32.0 Å². The minimum atomic E-state index is 0.0837. The average molecular weight is 265 g/mol. The van der Waals surface area contributed by atoms with Gasteiger partial charge in [-0.2, -0.15) is 0 Å². The summed E-state index contributed by atoms with van der Waals surface area (Å²) in [4.78, 5) is 17.4. The molecule has 4 heteroatoms. The van der Waals surface area contributed by atoms with Gasteiger partial charge in [0, 0.05) is 25.2 Å². The van der Waals surface area contributed by atoms with Gasteiger partial charge in [0.1, 0.15) is 0 Å². The summed E-state index contributed by atoms with van der Waals surface area (Å²) in [5, 5.41) is 3.35. The Morgan fingerprint density at radius 3 is 2.79 bits per heavy atom. The summed E-state index contributed by atoms with van der Waals surface area (Å²) in [6.45, 7) is 6.45. The average Bonchev–Trinajstić information content (AvgIpc) is 2.88. The fourth-order valence-electron chi connectivity index (χ4n) is 4.18. The van der Waals surface area contributed by atoms with E-state index >= 15 is 0 Å². The Bertz CT molecular complexity index is 331. The van der Waals surface area contributed by atoms with Crippen LogP contribution in [0.5, 0.6) is 0 Å². The van der Waals surface area contributed by atoms with Crippen molar-refractivity contribution in [3.8, 4) is 0 Å². The molecule has 0 aliphatic carbocycles. The normalized spacial score (nSPS) is 36.6. The number of rotatable bonds is 3. The molecular weight excluding hydrogens is 238 g/mol. The quantitative estimate of drug-likeness (QED) is 0.833. The molecule has 0 aromatic rings. The zero-order chi connectivity index (χ0) is 13.2. The summed E-state index contributed by atoms with van der Waals surface area (Å²) < 4.78 is 0. The Balaban J connectivity index is 1.63. The molecule has 3 fully saturated rings. The lowest BCUT2D eigenvalue weighted by Gasteiger charge is -2.43. The molecule has 0 aromatic carbocycles. The molecule has 3 heterocycles. The van der Waals surface area contributed by atoms with Crippen molar-refractivity contribution < 1.29 is 4.79 Å². The molecule has 0 radical (unpaired) electrons. The number of carbonyl (C=O) groups is 1. The van der Waals surface area contributed by atoms with Crippen LogP contribution in [-0.4, -0.2) is 60.0 Å². The first-order valence-corrected chi connectivity index (χ1v) is 8.07. The summed E-state index contributed by atoms with van der Waals surface area (Å²) in [6.07, 6.45) is 7.27. The van der Waals surface area contributed by atoms with E-state index in [1.807, 2.05) is 0 Å². The van der Waals surface area contributed by atoms with Gasteiger partial charge in [0.05, 0.1) is 6.04 Å². The largest absolute Gasteiger partial charge is 0.338 e. The molecule has 1 N–H and O–H groups in total. The Morgan fingerprint density at radius 1 is 1.11 bits per heavy atom. The maximum atomic E-state index is 12.6. The van der Waals surface area contributed by atoms with Gasteiger partial charge < -0.3 is 15.1 Å².